The van der Waals surface area contributed by atoms with E-state index in [0.717, 1.165) is 0 Å². The van der Waals surface area contributed by atoms with Gasteiger partial charge in [-0.1, -0.05) is 30.3 Å². The smallest absolute Gasteiger partial charge is 0.420 e. The van der Waals surface area contributed by atoms with Crippen molar-refractivity contribution in [3.8, 4) is 0 Å². The number of aromatic nitrogens is 1. The molecule has 2 heterocycles. The fourth-order valence-corrected chi connectivity index (χ4v) is 2.52. The molecule has 1 atom stereocenters. The van der Waals surface area contributed by atoms with Crippen molar-refractivity contribution in [2.45, 2.75) is 18.4 Å². The number of rotatable bonds is 4. The first kappa shape index (κ1) is 17.0. The summed E-state index contributed by atoms with van der Waals surface area (Å²) in [7, 11) is 0. The summed E-state index contributed by atoms with van der Waals surface area (Å²) < 4.78 is 57.3. The number of ether oxygens (including phenoxy) is 1. The van der Waals surface area contributed by atoms with Crippen LogP contribution in [0.2, 0.25) is 0 Å². The van der Waals surface area contributed by atoms with Gasteiger partial charge in [-0.2, -0.15) is 8.78 Å². The highest BCUT2D eigenvalue weighted by molar-refractivity contribution is 5.94. The van der Waals surface area contributed by atoms with E-state index in [-0.39, 0.29) is 17.1 Å². The lowest BCUT2D eigenvalue weighted by molar-refractivity contribution is -0.339. The van der Waals surface area contributed by atoms with Crippen LogP contribution in [0.15, 0.2) is 48.7 Å². The first-order valence-electron chi connectivity index (χ1n) is 6.96. The standard InChI is InChI=1S/C15H11F4N3O3/c16-12(17)14(18,19)25-15(9-5-2-1-3-6-9)21-10-7-4-8-20-11(10)22(15)13(23)24/h1-8,12,21H,(H,23,24). The molecular weight excluding hydrogens is 346 g/mol. The van der Waals surface area contributed by atoms with Gasteiger partial charge in [-0.3, -0.25) is 4.74 Å². The van der Waals surface area contributed by atoms with Gasteiger partial charge in [0.05, 0.1) is 5.69 Å². The van der Waals surface area contributed by atoms with Crippen molar-refractivity contribution in [3.63, 3.8) is 0 Å². The highest BCUT2D eigenvalue weighted by Crippen LogP contribution is 2.47. The molecule has 2 N–H and O–H groups in total. The van der Waals surface area contributed by atoms with Crippen molar-refractivity contribution in [3.05, 3.63) is 54.2 Å². The van der Waals surface area contributed by atoms with Gasteiger partial charge in [-0.25, -0.2) is 23.5 Å². The minimum absolute atomic E-state index is 0.0406. The van der Waals surface area contributed by atoms with Gasteiger partial charge >= 0.3 is 18.6 Å². The molecule has 1 aromatic heterocycles. The first-order valence-corrected chi connectivity index (χ1v) is 6.96. The lowest BCUT2D eigenvalue weighted by Crippen LogP contribution is -2.57. The number of hydrogen-bond donors (Lipinski definition) is 2. The predicted molar refractivity (Wildman–Crippen MR) is 78.5 cm³/mol. The second kappa shape index (κ2) is 5.88. The molecule has 1 aliphatic rings. The number of anilines is 2. The number of benzene rings is 1. The number of pyridine rings is 1. The van der Waals surface area contributed by atoms with Crippen molar-refractivity contribution in [1.29, 1.82) is 0 Å². The Balaban J connectivity index is 2.21. The summed E-state index contributed by atoms with van der Waals surface area (Å²) in [6.07, 6.45) is -9.55. The summed E-state index contributed by atoms with van der Waals surface area (Å²) in [5.41, 5.74) is -0.0745. The van der Waals surface area contributed by atoms with Gasteiger partial charge in [-0.05, 0) is 12.1 Å². The molecule has 1 amide bonds. The van der Waals surface area contributed by atoms with E-state index in [4.69, 9.17) is 0 Å². The lowest BCUT2D eigenvalue weighted by Gasteiger charge is -2.38. The third kappa shape index (κ3) is 2.74. The van der Waals surface area contributed by atoms with Crippen molar-refractivity contribution in [2.24, 2.45) is 0 Å². The summed E-state index contributed by atoms with van der Waals surface area (Å²) >= 11 is 0. The molecule has 1 aromatic carbocycles. The molecule has 0 aliphatic carbocycles. The number of nitrogens with zero attached hydrogens (tertiary/aromatic N) is 2. The van der Waals surface area contributed by atoms with Crippen LogP contribution >= 0.6 is 0 Å². The number of carboxylic acid groups (broad SMARTS) is 1. The van der Waals surface area contributed by atoms with Crippen LogP contribution in [0.1, 0.15) is 5.56 Å². The second-order valence-corrected chi connectivity index (χ2v) is 5.09. The molecule has 0 radical (unpaired) electrons. The molecule has 0 saturated carbocycles. The maximum Gasteiger partial charge on any atom is 0.420 e. The quantitative estimate of drug-likeness (QED) is 0.817. The Labute approximate surface area is 138 Å². The first-order chi connectivity index (χ1) is 11.8. The van der Waals surface area contributed by atoms with Gasteiger partial charge in [0.2, 0.25) is 0 Å². The van der Waals surface area contributed by atoms with Crippen LogP contribution in [0.4, 0.5) is 33.9 Å². The van der Waals surface area contributed by atoms with Crippen LogP contribution < -0.4 is 10.2 Å². The highest BCUT2D eigenvalue weighted by atomic mass is 19.3. The molecule has 2 aromatic rings. The lowest BCUT2D eigenvalue weighted by atomic mass is 10.1. The van der Waals surface area contributed by atoms with E-state index in [2.05, 4.69) is 15.0 Å². The molecule has 25 heavy (non-hydrogen) atoms. The Kier molecular flexibility index (Phi) is 3.99. The zero-order valence-electron chi connectivity index (χ0n) is 12.4. The third-order valence-electron chi connectivity index (χ3n) is 3.51. The predicted octanol–water partition coefficient (Wildman–Crippen LogP) is 3.68. The number of hydrogen-bond acceptors (Lipinski definition) is 4. The summed E-state index contributed by atoms with van der Waals surface area (Å²) in [6.45, 7) is 0. The number of nitrogens with one attached hydrogen (secondary N) is 1. The van der Waals surface area contributed by atoms with Crippen LogP contribution in [0.25, 0.3) is 0 Å². The molecule has 1 aliphatic heterocycles. The average Bonchev–Trinajstić information content (AvgIpc) is 2.89. The minimum atomic E-state index is -4.92. The van der Waals surface area contributed by atoms with Crippen LogP contribution in [0.5, 0.6) is 0 Å². The molecule has 3 rings (SSSR count). The van der Waals surface area contributed by atoms with Gasteiger partial charge in [0.15, 0.2) is 5.82 Å². The maximum absolute atomic E-state index is 13.7. The number of halogens is 4. The topological polar surface area (TPSA) is 74.7 Å². The molecule has 6 nitrogen and oxygen atoms in total. The highest BCUT2D eigenvalue weighted by Gasteiger charge is 2.59. The Morgan fingerprint density at radius 3 is 2.52 bits per heavy atom. The zero-order valence-corrected chi connectivity index (χ0v) is 12.4. The number of alkyl halides is 4. The number of amides is 1. The summed E-state index contributed by atoms with van der Waals surface area (Å²) in [5, 5.41) is 12.0. The van der Waals surface area contributed by atoms with Crippen molar-refractivity contribution in [2.75, 3.05) is 10.2 Å². The molecule has 132 valence electrons. The van der Waals surface area contributed by atoms with Crippen LogP contribution in [0, 0.1) is 0 Å². The SMILES string of the molecule is O=C(O)N1c2ncccc2NC1(OC(F)(F)C(F)F)c1ccccc1. The largest absolute Gasteiger partial charge is 0.465 e. The molecule has 0 fully saturated rings. The van der Waals surface area contributed by atoms with Crippen LogP contribution in [-0.4, -0.2) is 28.7 Å². The normalized spacial score (nSPS) is 19.6. The van der Waals surface area contributed by atoms with Gasteiger partial charge in [0.25, 0.3) is 5.85 Å². The Morgan fingerprint density at radius 2 is 1.92 bits per heavy atom. The van der Waals surface area contributed by atoms with Gasteiger partial charge in [0, 0.05) is 11.8 Å². The van der Waals surface area contributed by atoms with Crippen LogP contribution in [-0.2, 0) is 10.6 Å². The van der Waals surface area contributed by atoms with E-state index < -0.39 is 24.5 Å². The Hall–Kier alpha value is -2.88. The summed E-state index contributed by atoms with van der Waals surface area (Å²) in [4.78, 5) is 15.9. The molecule has 1 unspecified atom stereocenters. The van der Waals surface area contributed by atoms with Crippen LogP contribution in [0.3, 0.4) is 0 Å². The average molecular weight is 357 g/mol. The fourth-order valence-electron chi connectivity index (χ4n) is 2.52. The van der Waals surface area contributed by atoms with E-state index in [0.29, 0.717) is 4.90 Å². The van der Waals surface area contributed by atoms with E-state index in [1.165, 1.54) is 42.6 Å². The van der Waals surface area contributed by atoms with Gasteiger partial charge < -0.3 is 10.4 Å². The van der Waals surface area contributed by atoms with E-state index >= 15 is 0 Å². The molecule has 0 bridgehead atoms. The second-order valence-electron chi connectivity index (χ2n) is 5.09. The minimum Gasteiger partial charge on any atom is -0.465 e. The van der Waals surface area contributed by atoms with Gasteiger partial charge in [0.1, 0.15) is 0 Å². The fraction of sp³-hybridized carbons (Fsp3) is 0.200. The monoisotopic (exact) mass is 357 g/mol. The molecular formula is C15H11F4N3O3. The van der Waals surface area contributed by atoms with E-state index in [1.807, 2.05) is 0 Å². The number of fused-ring (bicyclic) bond motifs is 1. The Morgan fingerprint density at radius 1 is 1.24 bits per heavy atom. The van der Waals surface area contributed by atoms with E-state index in [1.54, 1.807) is 6.07 Å². The summed E-state index contributed by atoms with van der Waals surface area (Å²) in [5.74, 6) is -2.85. The summed E-state index contributed by atoms with van der Waals surface area (Å²) in [6, 6.07) is 9.75. The maximum atomic E-state index is 13.7. The number of carbonyl (C=O) groups is 1. The third-order valence-corrected chi connectivity index (χ3v) is 3.51. The van der Waals surface area contributed by atoms with Crippen molar-refractivity contribution in [1.82, 2.24) is 4.98 Å². The van der Waals surface area contributed by atoms with Crippen molar-refractivity contribution >= 4 is 17.6 Å². The molecule has 0 saturated heterocycles. The molecule has 10 heteroatoms. The zero-order chi connectivity index (χ0) is 18.2. The Bertz CT molecular complexity index is 791. The van der Waals surface area contributed by atoms with E-state index in [9.17, 15) is 27.5 Å². The van der Waals surface area contributed by atoms with Crippen molar-refractivity contribution < 1.29 is 32.2 Å². The van der Waals surface area contributed by atoms with Gasteiger partial charge in [-0.15, -0.1) is 0 Å². The molecule has 0 spiro atoms.